The molecule has 3 heterocycles. The van der Waals surface area contributed by atoms with E-state index in [1.165, 1.54) is 12.3 Å². The number of carbonyl (C=O) groups is 1. The summed E-state index contributed by atoms with van der Waals surface area (Å²) in [5.74, 6) is -0.559. The highest BCUT2D eigenvalue weighted by molar-refractivity contribution is 6.04. The van der Waals surface area contributed by atoms with Crippen LogP contribution in [-0.2, 0) is 6.18 Å². The second kappa shape index (κ2) is 7.55. The number of pyridine rings is 3. The number of aryl methyl sites for hydroxylation is 1. The molecule has 150 valence electrons. The number of benzene rings is 1. The highest BCUT2D eigenvalue weighted by Gasteiger charge is 2.32. The molecule has 0 atom stereocenters. The minimum atomic E-state index is -4.59. The second-order valence-electron chi connectivity index (χ2n) is 6.65. The van der Waals surface area contributed by atoms with Gasteiger partial charge in [0.05, 0.1) is 16.8 Å². The van der Waals surface area contributed by atoms with Gasteiger partial charge < -0.3 is 5.32 Å². The first-order chi connectivity index (χ1) is 14.3. The Morgan fingerprint density at radius 2 is 1.80 bits per heavy atom. The highest BCUT2D eigenvalue weighted by atomic mass is 19.4. The zero-order chi connectivity index (χ0) is 21.3. The van der Waals surface area contributed by atoms with Gasteiger partial charge in [0.1, 0.15) is 5.69 Å². The van der Waals surface area contributed by atoms with Crippen molar-refractivity contribution in [1.29, 1.82) is 0 Å². The lowest BCUT2D eigenvalue weighted by atomic mass is 10.0. The van der Waals surface area contributed by atoms with Gasteiger partial charge in [-0.25, -0.2) is 0 Å². The molecule has 0 radical (unpaired) electrons. The Morgan fingerprint density at radius 1 is 0.967 bits per heavy atom. The lowest BCUT2D eigenvalue weighted by molar-refractivity contribution is -0.141. The predicted molar refractivity (Wildman–Crippen MR) is 107 cm³/mol. The number of nitrogens with zero attached hydrogens (tertiary/aromatic N) is 3. The number of aromatic nitrogens is 3. The average Bonchev–Trinajstić information content (AvgIpc) is 2.73. The van der Waals surface area contributed by atoms with Gasteiger partial charge in [-0.1, -0.05) is 18.2 Å². The fraction of sp³-hybridized carbons (Fsp3) is 0.0909. The van der Waals surface area contributed by atoms with E-state index in [4.69, 9.17) is 0 Å². The molecule has 1 aromatic carbocycles. The van der Waals surface area contributed by atoms with E-state index in [9.17, 15) is 18.0 Å². The number of hydrogen-bond donors (Lipinski definition) is 1. The second-order valence-corrected chi connectivity index (χ2v) is 6.65. The number of nitrogens with one attached hydrogen (secondary N) is 1. The number of carbonyl (C=O) groups excluding carboxylic acids is 1. The van der Waals surface area contributed by atoms with E-state index >= 15 is 0 Å². The van der Waals surface area contributed by atoms with Crippen LogP contribution >= 0.6 is 0 Å². The zero-order valence-electron chi connectivity index (χ0n) is 15.7. The Hall–Kier alpha value is -3.81. The molecule has 0 aliphatic carbocycles. The Kier molecular flexibility index (Phi) is 4.91. The van der Waals surface area contributed by atoms with Crippen LogP contribution in [-0.4, -0.2) is 20.9 Å². The van der Waals surface area contributed by atoms with Gasteiger partial charge in [0.2, 0.25) is 0 Å². The molecular weight excluding hydrogens is 393 g/mol. The Labute approximate surface area is 169 Å². The molecule has 1 amide bonds. The maximum absolute atomic E-state index is 12.8. The Morgan fingerprint density at radius 3 is 2.57 bits per heavy atom. The number of fused-ring (bicyclic) bond motifs is 1. The van der Waals surface area contributed by atoms with Gasteiger partial charge >= 0.3 is 6.18 Å². The predicted octanol–water partition coefficient (Wildman–Crippen LogP) is 5.27. The smallest absolute Gasteiger partial charge is 0.322 e. The van der Waals surface area contributed by atoms with Crippen molar-refractivity contribution in [3.8, 4) is 11.3 Å². The molecule has 5 nitrogen and oxygen atoms in total. The van der Waals surface area contributed by atoms with Crippen molar-refractivity contribution in [2.24, 2.45) is 0 Å². The van der Waals surface area contributed by atoms with E-state index in [0.717, 1.165) is 34.3 Å². The van der Waals surface area contributed by atoms with Gasteiger partial charge in [0, 0.05) is 35.2 Å². The lowest BCUT2D eigenvalue weighted by Gasteiger charge is -2.11. The quantitative estimate of drug-likeness (QED) is 0.501. The topological polar surface area (TPSA) is 67.8 Å². The average molecular weight is 408 g/mol. The molecule has 4 rings (SSSR count). The van der Waals surface area contributed by atoms with E-state index < -0.39 is 17.8 Å². The fourth-order valence-corrected chi connectivity index (χ4v) is 3.16. The Balaban J connectivity index is 1.63. The largest absolute Gasteiger partial charge is 0.433 e. The van der Waals surface area contributed by atoms with Crippen molar-refractivity contribution >= 4 is 22.5 Å². The summed E-state index contributed by atoms with van der Waals surface area (Å²) in [7, 11) is 0. The van der Waals surface area contributed by atoms with Crippen LogP contribution in [0.4, 0.5) is 18.9 Å². The molecule has 30 heavy (non-hydrogen) atoms. The summed E-state index contributed by atoms with van der Waals surface area (Å²) >= 11 is 0. The van der Waals surface area contributed by atoms with Gasteiger partial charge in [0.25, 0.3) is 5.91 Å². The molecule has 0 bridgehead atoms. The van der Waals surface area contributed by atoms with Crippen molar-refractivity contribution in [3.63, 3.8) is 0 Å². The van der Waals surface area contributed by atoms with Crippen molar-refractivity contribution in [2.45, 2.75) is 13.1 Å². The number of alkyl halides is 3. The fourth-order valence-electron chi connectivity index (χ4n) is 3.16. The number of amides is 1. The number of anilines is 1. The summed E-state index contributed by atoms with van der Waals surface area (Å²) in [5, 5.41) is 3.39. The first kappa shape index (κ1) is 19.5. The maximum Gasteiger partial charge on any atom is 0.433 e. The standard InChI is InChI=1S/C22H15F3N4O/c1-13-10-14(21(30)29-15-7-9-27-19(11-15)22(23,24)25)12-28-20(13)17-4-2-6-18-16(17)5-3-8-26-18/h2-12H,1H3,(H,27,29,30). The molecule has 0 saturated heterocycles. The van der Waals surface area contributed by atoms with Gasteiger partial charge in [-0.05, 0) is 42.8 Å². The summed E-state index contributed by atoms with van der Waals surface area (Å²) in [6.45, 7) is 1.82. The van der Waals surface area contributed by atoms with E-state index in [2.05, 4.69) is 20.3 Å². The molecule has 0 spiro atoms. The third-order valence-corrected chi connectivity index (χ3v) is 4.55. The molecule has 4 aromatic rings. The number of hydrogen-bond acceptors (Lipinski definition) is 4. The SMILES string of the molecule is Cc1cc(C(=O)Nc2ccnc(C(F)(F)F)c2)cnc1-c1cccc2ncccc12. The maximum atomic E-state index is 12.8. The van der Waals surface area contributed by atoms with Crippen molar-refractivity contribution in [3.05, 3.63) is 83.9 Å². The molecule has 8 heteroatoms. The van der Waals surface area contributed by atoms with E-state index in [1.807, 2.05) is 37.3 Å². The number of halogens is 3. The van der Waals surface area contributed by atoms with Gasteiger partial charge in [-0.2, -0.15) is 13.2 Å². The zero-order valence-corrected chi connectivity index (χ0v) is 15.7. The van der Waals surface area contributed by atoms with Crippen LogP contribution < -0.4 is 5.32 Å². The highest BCUT2D eigenvalue weighted by Crippen LogP contribution is 2.30. The van der Waals surface area contributed by atoms with Crippen molar-refractivity contribution in [2.75, 3.05) is 5.32 Å². The summed E-state index contributed by atoms with van der Waals surface area (Å²) in [6.07, 6.45) is -0.477. The van der Waals surface area contributed by atoms with Crippen LogP contribution in [0.5, 0.6) is 0 Å². The molecule has 0 fully saturated rings. The summed E-state index contributed by atoms with van der Waals surface area (Å²) in [6, 6.07) is 13.2. The number of rotatable bonds is 3. The van der Waals surface area contributed by atoms with Crippen LogP contribution in [0.1, 0.15) is 21.6 Å². The van der Waals surface area contributed by atoms with Crippen LogP contribution in [0, 0.1) is 6.92 Å². The summed E-state index contributed by atoms with van der Waals surface area (Å²) in [4.78, 5) is 24.6. The van der Waals surface area contributed by atoms with Crippen LogP contribution in [0.2, 0.25) is 0 Å². The van der Waals surface area contributed by atoms with Gasteiger partial charge in [0.15, 0.2) is 0 Å². The first-order valence-corrected chi connectivity index (χ1v) is 8.98. The van der Waals surface area contributed by atoms with Crippen LogP contribution in [0.3, 0.4) is 0 Å². The molecule has 0 saturated carbocycles. The molecular formula is C22H15F3N4O. The third kappa shape index (κ3) is 3.84. The van der Waals surface area contributed by atoms with Crippen molar-refractivity contribution < 1.29 is 18.0 Å². The Bertz CT molecular complexity index is 1250. The van der Waals surface area contributed by atoms with Crippen LogP contribution in [0.15, 0.2) is 67.1 Å². The minimum absolute atomic E-state index is 0.00387. The molecule has 1 N–H and O–H groups in total. The monoisotopic (exact) mass is 408 g/mol. The third-order valence-electron chi connectivity index (χ3n) is 4.55. The van der Waals surface area contributed by atoms with Gasteiger partial charge in [-0.3, -0.25) is 19.7 Å². The normalized spacial score (nSPS) is 11.5. The lowest BCUT2D eigenvalue weighted by Crippen LogP contribution is -2.14. The molecule has 0 aliphatic heterocycles. The van der Waals surface area contributed by atoms with E-state index in [-0.39, 0.29) is 11.3 Å². The minimum Gasteiger partial charge on any atom is -0.322 e. The molecule has 0 unspecified atom stereocenters. The van der Waals surface area contributed by atoms with E-state index in [0.29, 0.717) is 5.69 Å². The van der Waals surface area contributed by atoms with Gasteiger partial charge in [-0.15, -0.1) is 0 Å². The summed E-state index contributed by atoms with van der Waals surface area (Å²) in [5.41, 5.74) is 2.34. The molecule has 0 aliphatic rings. The van der Waals surface area contributed by atoms with Crippen LogP contribution in [0.25, 0.3) is 22.2 Å². The van der Waals surface area contributed by atoms with E-state index in [1.54, 1.807) is 12.3 Å². The molecule has 3 aromatic heterocycles. The first-order valence-electron chi connectivity index (χ1n) is 8.98. The van der Waals surface area contributed by atoms with Crippen molar-refractivity contribution in [1.82, 2.24) is 15.0 Å². The summed E-state index contributed by atoms with van der Waals surface area (Å²) < 4.78 is 38.4.